The first-order chi connectivity index (χ1) is 8.87. The van der Waals surface area contributed by atoms with Crippen molar-refractivity contribution >= 4 is 10.0 Å². The van der Waals surface area contributed by atoms with E-state index in [1.54, 1.807) is 0 Å². The van der Waals surface area contributed by atoms with E-state index in [9.17, 15) is 8.42 Å². The minimum absolute atomic E-state index is 0.0460. The van der Waals surface area contributed by atoms with Crippen molar-refractivity contribution in [1.29, 1.82) is 0 Å². The van der Waals surface area contributed by atoms with Crippen LogP contribution in [0.5, 0.6) is 0 Å². The van der Waals surface area contributed by atoms with Gasteiger partial charge in [0, 0.05) is 13.1 Å². The van der Waals surface area contributed by atoms with Crippen molar-refractivity contribution in [3.8, 4) is 0 Å². The molecule has 1 atom stereocenters. The maximum Gasteiger partial charge on any atom is 0.215 e. The summed E-state index contributed by atoms with van der Waals surface area (Å²) >= 11 is 0. The van der Waals surface area contributed by atoms with Crippen molar-refractivity contribution in [3.63, 3.8) is 0 Å². The second-order valence-electron chi connectivity index (χ2n) is 6.46. The second-order valence-corrected chi connectivity index (χ2v) is 8.50. The van der Waals surface area contributed by atoms with Gasteiger partial charge < -0.3 is 5.32 Å². The second kappa shape index (κ2) is 7.60. The minimum atomic E-state index is -3.16. The topological polar surface area (TPSA) is 58.2 Å². The summed E-state index contributed by atoms with van der Waals surface area (Å²) in [5, 5.41) is 2.90. The van der Waals surface area contributed by atoms with E-state index < -0.39 is 10.0 Å². The lowest BCUT2D eigenvalue weighted by molar-refractivity contribution is 0.319. The van der Waals surface area contributed by atoms with Crippen LogP contribution in [0.25, 0.3) is 0 Å². The fraction of sp³-hybridized carbons (Fsp3) is 1.00. The van der Waals surface area contributed by atoms with E-state index in [-0.39, 0.29) is 10.7 Å². The molecule has 0 aromatic rings. The molecule has 0 bridgehead atoms. The Kier molecular flexibility index (Phi) is 6.77. The number of hydrogen-bond acceptors (Lipinski definition) is 3. The van der Waals surface area contributed by atoms with Crippen LogP contribution in [0.15, 0.2) is 0 Å². The third-order valence-electron chi connectivity index (χ3n) is 3.90. The third kappa shape index (κ3) is 6.23. The molecule has 0 amide bonds. The molecule has 2 N–H and O–H groups in total. The summed E-state index contributed by atoms with van der Waals surface area (Å²) in [6.45, 7) is 8.55. The van der Waals surface area contributed by atoms with Gasteiger partial charge in [-0.25, -0.2) is 13.1 Å². The molecule has 1 unspecified atom stereocenters. The molecule has 1 rings (SSSR count). The molecule has 1 aliphatic heterocycles. The van der Waals surface area contributed by atoms with Crippen molar-refractivity contribution in [1.82, 2.24) is 10.0 Å². The molecule has 0 saturated carbocycles. The summed E-state index contributed by atoms with van der Waals surface area (Å²) in [6, 6.07) is 0. The first-order valence-electron chi connectivity index (χ1n) is 7.56. The molecular formula is C14H30N2O2S. The van der Waals surface area contributed by atoms with Gasteiger partial charge in [0.05, 0.1) is 5.25 Å². The van der Waals surface area contributed by atoms with Crippen molar-refractivity contribution < 1.29 is 8.42 Å². The molecular weight excluding hydrogens is 260 g/mol. The maximum atomic E-state index is 12.2. The van der Waals surface area contributed by atoms with Crippen molar-refractivity contribution in [2.24, 2.45) is 5.41 Å². The highest BCUT2D eigenvalue weighted by molar-refractivity contribution is 7.90. The van der Waals surface area contributed by atoms with Gasteiger partial charge >= 0.3 is 0 Å². The van der Waals surface area contributed by atoms with Crippen molar-refractivity contribution in [3.05, 3.63) is 0 Å². The highest BCUT2D eigenvalue weighted by atomic mass is 32.2. The molecule has 0 aromatic carbocycles. The highest BCUT2D eigenvalue weighted by Crippen LogP contribution is 2.23. The SMILES string of the molecule is CCCCCC(C)(C)CNS(=O)(=O)C1CCCNC1. The van der Waals surface area contributed by atoms with Crippen LogP contribution in [-0.4, -0.2) is 33.3 Å². The smallest absolute Gasteiger partial charge is 0.215 e. The van der Waals surface area contributed by atoms with Crippen LogP contribution in [0.4, 0.5) is 0 Å². The summed E-state index contributed by atoms with van der Waals surface area (Å²) < 4.78 is 27.3. The molecule has 5 heteroatoms. The van der Waals surface area contributed by atoms with E-state index in [0.29, 0.717) is 13.1 Å². The normalized spacial score (nSPS) is 21.5. The van der Waals surface area contributed by atoms with E-state index in [1.165, 1.54) is 19.3 Å². The average Bonchev–Trinajstić information content (AvgIpc) is 2.38. The quantitative estimate of drug-likeness (QED) is 0.674. The summed E-state index contributed by atoms with van der Waals surface area (Å²) in [7, 11) is -3.16. The van der Waals surface area contributed by atoms with Crippen LogP contribution < -0.4 is 10.0 Å². The number of sulfonamides is 1. The molecule has 0 radical (unpaired) electrons. The molecule has 1 fully saturated rings. The predicted molar refractivity (Wildman–Crippen MR) is 80.7 cm³/mol. The van der Waals surface area contributed by atoms with Crippen LogP contribution in [0, 0.1) is 5.41 Å². The van der Waals surface area contributed by atoms with E-state index in [0.717, 1.165) is 25.8 Å². The molecule has 0 spiro atoms. The highest BCUT2D eigenvalue weighted by Gasteiger charge is 2.29. The predicted octanol–water partition coefficient (Wildman–Crippen LogP) is 2.26. The van der Waals surface area contributed by atoms with Gasteiger partial charge in [0.25, 0.3) is 0 Å². The molecule has 1 saturated heterocycles. The lowest BCUT2D eigenvalue weighted by Crippen LogP contribution is -2.46. The first kappa shape index (κ1) is 16.9. The number of nitrogens with one attached hydrogen (secondary N) is 2. The fourth-order valence-corrected chi connectivity index (χ4v) is 4.08. The fourth-order valence-electron chi connectivity index (χ4n) is 2.44. The summed E-state index contributed by atoms with van der Waals surface area (Å²) in [4.78, 5) is 0. The van der Waals surface area contributed by atoms with Crippen LogP contribution in [0.1, 0.15) is 59.3 Å². The van der Waals surface area contributed by atoms with Gasteiger partial charge in [-0.3, -0.25) is 0 Å². The molecule has 1 heterocycles. The molecule has 0 aromatic heterocycles. The Morgan fingerprint density at radius 2 is 2.05 bits per heavy atom. The van der Waals surface area contributed by atoms with Gasteiger partial charge in [0.2, 0.25) is 10.0 Å². The largest absolute Gasteiger partial charge is 0.315 e. The van der Waals surface area contributed by atoms with Crippen LogP contribution in [0.3, 0.4) is 0 Å². The zero-order valence-electron chi connectivity index (χ0n) is 12.7. The Morgan fingerprint density at radius 1 is 1.32 bits per heavy atom. The Hall–Kier alpha value is -0.130. The monoisotopic (exact) mass is 290 g/mol. The molecule has 19 heavy (non-hydrogen) atoms. The summed E-state index contributed by atoms with van der Waals surface area (Å²) in [5.41, 5.74) is 0.0460. The Balaban J connectivity index is 2.40. The van der Waals surface area contributed by atoms with Gasteiger partial charge in [-0.1, -0.05) is 40.0 Å². The maximum absolute atomic E-state index is 12.2. The van der Waals surface area contributed by atoms with Crippen LogP contribution in [0.2, 0.25) is 0 Å². The number of rotatable bonds is 8. The zero-order chi connectivity index (χ0) is 14.4. The summed E-state index contributed by atoms with van der Waals surface area (Å²) in [6.07, 6.45) is 6.41. The average molecular weight is 290 g/mol. The minimum Gasteiger partial charge on any atom is -0.315 e. The number of hydrogen-bond donors (Lipinski definition) is 2. The lowest BCUT2D eigenvalue weighted by Gasteiger charge is -2.28. The Bertz CT molecular complexity index is 346. The molecule has 1 aliphatic rings. The Morgan fingerprint density at radius 3 is 2.63 bits per heavy atom. The van der Waals surface area contributed by atoms with Crippen LogP contribution >= 0.6 is 0 Å². The van der Waals surface area contributed by atoms with Gasteiger partial charge in [0.15, 0.2) is 0 Å². The van der Waals surface area contributed by atoms with Crippen molar-refractivity contribution in [2.45, 2.75) is 64.5 Å². The summed E-state index contributed by atoms with van der Waals surface area (Å²) in [5.74, 6) is 0. The van der Waals surface area contributed by atoms with E-state index in [4.69, 9.17) is 0 Å². The molecule has 4 nitrogen and oxygen atoms in total. The van der Waals surface area contributed by atoms with Gasteiger partial charge in [-0.2, -0.15) is 0 Å². The number of unbranched alkanes of at least 4 members (excludes halogenated alkanes) is 2. The molecule has 0 aliphatic carbocycles. The number of piperidine rings is 1. The molecule has 114 valence electrons. The van der Waals surface area contributed by atoms with Crippen LogP contribution in [-0.2, 0) is 10.0 Å². The van der Waals surface area contributed by atoms with Gasteiger partial charge in [0.1, 0.15) is 0 Å². The standard InChI is InChI=1S/C14H30N2O2S/c1-4-5-6-9-14(2,3)12-16-19(17,18)13-8-7-10-15-11-13/h13,15-16H,4-12H2,1-3H3. The van der Waals surface area contributed by atoms with Gasteiger partial charge in [-0.15, -0.1) is 0 Å². The van der Waals surface area contributed by atoms with E-state index in [2.05, 4.69) is 30.8 Å². The Labute approximate surface area is 118 Å². The van der Waals surface area contributed by atoms with Crippen molar-refractivity contribution in [2.75, 3.05) is 19.6 Å². The van der Waals surface area contributed by atoms with E-state index >= 15 is 0 Å². The van der Waals surface area contributed by atoms with Gasteiger partial charge in [-0.05, 0) is 31.2 Å². The lowest BCUT2D eigenvalue weighted by atomic mass is 9.87. The third-order valence-corrected chi connectivity index (χ3v) is 5.73. The zero-order valence-corrected chi connectivity index (χ0v) is 13.5. The first-order valence-corrected chi connectivity index (χ1v) is 9.11. The van der Waals surface area contributed by atoms with E-state index in [1.807, 2.05) is 0 Å².